The van der Waals surface area contributed by atoms with E-state index in [1.165, 1.54) is 134 Å². The molecule has 0 aliphatic heterocycles. The Bertz CT molecular complexity index is 668. The van der Waals surface area contributed by atoms with Crippen molar-refractivity contribution in [3.63, 3.8) is 0 Å². The fraction of sp³-hybridized carbons (Fsp3) is 0.710. The van der Waals surface area contributed by atoms with Crippen LogP contribution in [0.4, 0.5) is 0 Å². The average molecular weight is 489 g/mol. The van der Waals surface area contributed by atoms with Gasteiger partial charge in [-0.25, -0.2) is 4.79 Å². The molecular formula is C31H52O4. The zero-order valence-electron chi connectivity index (χ0n) is 22.4. The third-order valence-corrected chi connectivity index (χ3v) is 6.65. The summed E-state index contributed by atoms with van der Waals surface area (Å²) in [5.74, 6) is -0.760. The molecule has 0 amide bonds. The summed E-state index contributed by atoms with van der Waals surface area (Å²) in [6.45, 7) is 2.73. The number of hydrogen-bond donors (Lipinski definition) is 2. The molecular weight excluding hydrogens is 436 g/mol. The number of carbonyl (C=O) groups is 1. The predicted octanol–water partition coefficient (Wildman–Crippen LogP) is 9.48. The lowest BCUT2D eigenvalue weighted by Crippen LogP contribution is -2.02. The second kappa shape index (κ2) is 22.5. The van der Waals surface area contributed by atoms with Crippen molar-refractivity contribution in [2.24, 2.45) is 0 Å². The predicted molar refractivity (Wildman–Crippen MR) is 148 cm³/mol. The van der Waals surface area contributed by atoms with Gasteiger partial charge in [-0.2, -0.15) is 0 Å². The summed E-state index contributed by atoms with van der Waals surface area (Å²) >= 11 is 0. The van der Waals surface area contributed by atoms with E-state index in [4.69, 9.17) is 4.74 Å². The lowest BCUT2D eigenvalue weighted by molar-refractivity contribution is -0.137. The smallest absolute Gasteiger partial charge is 0.330 e. The van der Waals surface area contributed by atoms with Gasteiger partial charge < -0.3 is 14.9 Å². The summed E-state index contributed by atoms with van der Waals surface area (Å²) in [6, 6.07) is 4.41. The van der Waals surface area contributed by atoms with Gasteiger partial charge in [0, 0.05) is 6.08 Å². The maximum atomic E-state index is 11.7. The molecule has 1 rings (SSSR count). The van der Waals surface area contributed by atoms with Crippen molar-refractivity contribution in [2.45, 2.75) is 135 Å². The molecule has 0 aromatic heterocycles. The first-order valence-corrected chi connectivity index (χ1v) is 14.5. The molecule has 0 saturated carbocycles. The van der Waals surface area contributed by atoms with Crippen molar-refractivity contribution >= 4 is 12.0 Å². The Kier molecular flexibility index (Phi) is 20.0. The number of hydrogen-bond acceptors (Lipinski definition) is 4. The van der Waals surface area contributed by atoms with Crippen molar-refractivity contribution < 1.29 is 19.7 Å². The SMILES string of the molecule is CCCCCCCCCCCCCCCCCCCCCCOC(=O)/C=C/c1ccc(O)c(O)c1. The van der Waals surface area contributed by atoms with E-state index < -0.39 is 0 Å². The summed E-state index contributed by atoms with van der Waals surface area (Å²) < 4.78 is 5.22. The van der Waals surface area contributed by atoms with Gasteiger partial charge in [0.05, 0.1) is 6.61 Å². The molecule has 1 aromatic carbocycles. The maximum Gasteiger partial charge on any atom is 0.330 e. The highest BCUT2D eigenvalue weighted by atomic mass is 16.5. The van der Waals surface area contributed by atoms with Gasteiger partial charge in [0.1, 0.15) is 0 Å². The minimum Gasteiger partial charge on any atom is -0.504 e. The molecule has 200 valence electrons. The first kappa shape index (κ1) is 31.1. The van der Waals surface area contributed by atoms with E-state index in [1.54, 1.807) is 12.1 Å². The van der Waals surface area contributed by atoms with E-state index >= 15 is 0 Å². The number of esters is 1. The van der Waals surface area contributed by atoms with E-state index in [0.29, 0.717) is 12.2 Å². The van der Waals surface area contributed by atoms with Crippen molar-refractivity contribution in [1.29, 1.82) is 0 Å². The van der Waals surface area contributed by atoms with Crippen LogP contribution in [0.3, 0.4) is 0 Å². The van der Waals surface area contributed by atoms with Crippen LogP contribution >= 0.6 is 0 Å². The van der Waals surface area contributed by atoms with Crippen molar-refractivity contribution in [3.8, 4) is 11.5 Å². The molecule has 0 fully saturated rings. The van der Waals surface area contributed by atoms with Crippen molar-refractivity contribution in [1.82, 2.24) is 0 Å². The monoisotopic (exact) mass is 488 g/mol. The Morgan fingerprint density at radius 3 is 1.51 bits per heavy atom. The van der Waals surface area contributed by atoms with Crippen LogP contribution in [0.1, 0.15) is 141 Å². The summed E-state index contributed by atoms with van der Waals surface area (Å²) in [5, 5.41) is 18.7. The van der Waals surface area contributed by atoms with Crippen LogP contribution in [-0.2, 0) is 9.53 Å². The maximum absolute atomic E-state index is 11.7. The molecule has 35 heavy (non-hydrogen) atoms. The third kappa shape index (κ3) is 19.0. The Morgan fingerprint density at radius 2 is 1.09 bits per heavy atom. The molecule has 1 aromatic rings. The highest BCUT2D eigenvalue weighted by molar-refractivity contribution is 5.87. The normalized spacial score (nSPS) is 11.3. The van der Waals surface area contributed by atoms with E-state index in [9.17, 15) is 15.0 Å². The van der Waals surface area contributed by atoms with Crippen LogP contribution in [0, 0.1) is 0 Å². The molecule has 4 nitrogen and oxygen atoms in total. The Labute approximate surface area is 215 Å². The van der Waals surface area contributed by atoms with Gasteiger partial charge in [0.15, 0.2) is 11.5 Å². The van der Waals surface area contributed by atoms with Crippen LogP contribution in [0.2, 0.25) is 0 Å². The molecule has 0 aliphatic carbocycles. The van der Waals surface area contributed by atoms with E-state index in [1.807, 2.05) is 0 Å². The molecule has 0 bridgehead atoms. The number of carbonyl (C=O) groups excluding carboxylic acids is 1. The van der Waals surface area contributed by atoms with Crippen LogP contribution in [0.5, 0.6) is 11.5 Å². The number of unbranched alkanes of at least 4 members (excludes halogenated alkanes) is 19. The topological polar surface area (TPSA) is 66.8 Å². The number of rotatable bonds is 23. The number of phenolic OH excluding ortho intramolecular Hbond substituents is 2. The fourth-order valence-corrected chi connectivity index (χ4v) is 4.39. The van der Waals surface area contributed by atoms with Gasteiger partial charge in [-0.05, 0) is 30.2 Å². The summed E-state index contributed by atoms with van der Waals surface area (Å²) in [7, 11) is 0. The van der Waals surface area contributed by atoms with Crippen molar-refractivity contribution in [2.75, 3.05) is 6.61 Å². The van der Waals surface area contributed by atoms with Gasteiger partial charge in [-0.1, -0.05) is 135 Å². The Balaban J connectivity index is 1.79. The van der Waals surface area contributed by atoms with Crippen LogP contribution in [0.25, 0.3) is 6.08 Å². The Morgan fingerprint density at radius 1 is 0.657 bits per heavy atom. The number of ether oxygens (including phenoxy) is 1. The fourth-order valence-electron chi connectivity index (χ4n) is 4.39. The van der Waals surface area contributed by atoms with Gasteiger partial charge in [-0.3, -0.25) is 0 Å². The van der Waals surface area contributed by atoms with E-state index in [0.717, 1.165) is 12.8 Å². The van der Waals surface area contributed by atoms with E-state index in [2.05, 4.69) is 6.92 Å². The summed E-state index contributed by atoms with van der Waals surface area (Å²) in [6.07, 6.45) is 29.9. The highest BCUT2D eigenvalue weighted by Gasteiger charge is 2.01. The van der Waals surface area contributed by atoms with Crippen molar-refractivity contribution in [3.05, 3.63) is 29.8 Å². The zero-order chi connectivity index (χ0) is 25.4. The molecule has 0 spiro atoms. The number of aromatic hydroxyl groups is 2. The van der Waals surface area contributed by atoms with E-state index in [-0.39, 0.29) is 17.5 Å². The molecule has 4 heteroatoms. The minimum absolute atomic E-state index is 0.177. The average Bonchev–Trinajstić information content (AvgIpc) is 2.85. The standard InChI is InChI=1S/C31H52O4/c1-2-3-4-5-6-7-8-9-10-11-12-13-14-15-16-17-18-19-20-21-26-35-31(34)25-23-28-22-24-29(32)30(33)27-28/h22-25,27,32-33H,2-21,26H2,1H3/b25-23+. The molecule has 0 radical (unpaired) electrons. The quantitative estimate of drug-likeness (QED) is 0.0696. The Hall–Kier alpha value is -1.97. The molecule has 2 N–H and O–H groups in total. The molecule has 0 atom stereocenters. The van der Waals surface area contributed by atoms with Gasteiger partial charge in [0.2, 0.25) is 0 Å². The van der Waals surface area contributed by atoms with Gasteiger partial charge in [-0.15, -0.1) is 0 Å². The summed E-state index contributed by atoms with van der Waals surface area (Å²) in [5.41, 5.74) is 0.635. The second-order valence-corrected chi connectivity index (χ2v) is 9.97. The molecule has 0 heterocycles. The van der Waals surface area contributed by atoms with Gasteiger partial charge in [0.25, 0.3) is 0 Å². The van der Waals surface area contributed by atoms with Gasteiger partial charge >= 0.3 is 5.97 Å². The van der Waals surface area contributed by atoms with Crippen LogP contribution in [-0.4, -0.2) is 22.8 Å². The lowest BCUT2D eigenvalue weighted by atomic mass is 10.0. The summed E-state index contributed by atoms with van der Waals surface area (Å²) in [4.78, 5) is 11.7. The first-order chi connectivity index (χ1) is 17.1. The molecule has 0 saturated heterocycles. The number of phenols is 2. The number of benzene rings is 1. The second-order valence-electron chi connectivity index (χ2n) is 9.97. The molecule has 0 aliphatic rings. The zero-order valence-corrected chi connectivity index (χ0v) is 22.4. The van der Waals surface area contributed by atoms with Crippen LogP contribution in [0.15, 0.2) is 24.3 Å². The largest absolute Gasteiger partial charge is 0.504 e. The minimum atomic E-state index is -0.379. The first-order valence-electron chi connectivity index (χ1n) is 14.5. The van der Waals surface area contributed by atoms with Crippen LogP contribution < -0.4 is 0 Å². The third-order valence-electron chi connectivity index (χ3n) is 6.65. The lowest BCUT2D eigenvalue weighted by Gasteiger charge is -2.04. The highest BCUT2D eigenvalue weighted by Crippen LogP contribution is 2.25. The molecule has 0 unspecified atom stereocenters.